The van der Waals surface area contributed by atoms with Crippen molar-refractivity contribution < 1.29 is 4.79 Å². The summed E-state index contributed by atoms with van der Waals surface area (Å²) in [4.78, 5) is 18.7. The molecule has 0 saturated carbocycles. The van der Waals surface area contributed by atoms with Crippen LogP contribution in [-0.2, 0) is 0 Å². The van der Waals surface area contributed by atoms with Gasteiger partial charge in [0.2, 0.25) is 0 Å². The van der Waals surface area contributed by atoms with E-state index in [2.05, 4.69) is 59.3 Å². The first kappa shape index (κ1) is 19.0. The Balaban J connectivity index is 1.80. The molecule has 146 valence electrons. The summed E-state index contributed by atoms with van der Waals surface area (Å²) in [7, 11) is 4.07. The van der Waals surface area contributed by atoms with Crippen molar-refractivity contribution >= 4 is 22.4 Å². The van der Waals surface area contributed by atoms with Gasteiger partial charge >= 0.3 is 0 Å². The predicted molar refractivity (Wildman–Crippen MR) is 121 cm³/mol. The Morgan fingerprint density at radius 3 is 2.24 bits per heavy atom. The normalized spacial score (nSPS) is 12.1. The van der Waals surface area contributed by atoms with E-state index in [1.807, 2.05) is 50.5 Å². The van der Waals surface area contributed by atoms with Crippen LogP contribution in [-0.4, -0.2) is 24.9 Å². The number of carbonyl (C=O) groups is 1. The average Bonchev–Trinajstić information content (AvgIpc) is 3.08. The van der Waals surface area contributed by atoms with Gasteiger partial charge in [0, 0.05) is 54.3 Å². The van der Waals surface area contributed by atoms with Gasteiger partial charge < -0.3 is 9.88 Å². The van der Waals surface area contributed by atoms with E-state index in [0.29, 0.717) is 6.42 Å². The second kappa shape index (κ2) is 7.96. The smallest absolute Gasteiger partial charge is 0.163 e. The molecule has 0 aliphatic rings. The van der Waals surface area contributed by atoms with E-state index in [4.69, 9.17) is 0 Å². The number of H-pyrrole nitrogens is 1. The van der Waals surface area contributed by atoms with E-state index >= 15 is 0 Å². The summed E-state index contributed by atoms with van der Waals surface area (Å²) in [5, 5.41) is 1.19. The summed E-state index contributed by atoms with van der Waals surface area (Å²) in [5.74, 6) is 0.159. The lowest BCUT2D eigenvalue weighted by molar-refractivity contribution is 0.0978. The largest absolute Gasteiger partial charge is 0.378 e. The van der Waals surface area contributed by atoms with Crippen molar-refractivity contribution in [3.63, 3.8) is 0 Å². The molecule has 3 aromatic carbocycles. The molecule has 0 fully saturated rings. The molecule has 0 spiro atoms. The number of hydrogen-bond donors (Lipinski definition) is 1. The minimum atomic E-state index is -0.00457. The first-order valence-electron chi connectivity index (χ1n) is 9.97. The lowest BCUT2D eigenvalue weighted by Gasteiger charge is -2.20. The molecule has 1 heterocycles. The number of fused-ring (bicyclic) bond motifs is 1. The third kappa shape index (κ3) is 3.81. The number of hydrogen-bond acceptors (Lipinski definition) is 2. The molecule has 1 aromatic heterocycles. The number of aryl methyl sites for hydroxylation is 1. The fraction of sp³-hybridized carbons (Fsp3) is 0.192. The van der Waals surface area contributed by atoms with Crippen LogP contribution in [0.3, 0.4) is 0 Å². The van der Waals surface area contributed by atoms with Crippen molar-refractivity contribution in [1.82, 2.24) is 4.98 Å². The Morgan fingerprint density at radius 1 is 0.897 bits per heavy atom. The van der Waals surface area contributed by atoms with Gasteiger partial charge in [-0.15, -0.1) is 0 Å². The Hall–Kier alpha value is -3.33. The summed E-state index contributed by atoms with van der Waals surface area (Å²) in [6.07, 6.45) is 0.439. The Labute approximate surface area is 172 Å². The first-order chi connectivity index (χ1) is 14.0. The number of carbonyl (C=O) groups excluding carboxylic acids is 1. The van der Waals surface area contributed by atoms with Gasteiger partial charge in [0.15, 0.2) is 5.78 Å². The lowest BCUT2D eigenvalue weighted by atomic mass is 9.84. The van der Waals surface area contributed by atoms with Crippen LogP contribution in [0.5, 0.6) is 0 Å². The van der Waals surface area contributed by atoms with Gasteiger partial charge in [-0.3, -0.25) is 4.79 Å². The van der Waals surface area contributed by atoms with Crippen molar-refractivity contribution in [2.45, 2.75) is 19.3 Å². The van der Waals surface area contributed by atoms with Crippen molar-refractivity contribution in [2.75, 3.05) is 19.0 Å². The second-order valence-electron chi connectivity index (χ2n) is 7.74. The summed E-state index contributed by atoms with van der Waals surface area (Å²) < 4.78 is 0. The highest BCUT2D eigenvalue weighted by molar-refractivity contribution is 5.97. The molecule has 4 rings (SSSR count). The molecule has 29 heavy (non-hydrogen) atoms. The average molecular weight is 383 g/mol. The highest BCUT2D eigenvalue weighted by atomic mass is 16.1. The number of rotatable bonds is 6. The zero-order valence-electron chi connectivity index (χ0n) is 17.1. The van der Waals surface area contributed by atoms with Crippen LogP contribution in [0.25, 0.3) is 10.9 Å². The van der Waals surface area contributed by atoms with E-state index in [-0.39, 0.29) is 11.7 Å². The molecule has 0 saturated heterocycles. The van der Waals surface area contributed by atoms with Gasteiger partial charge in [-0.05, 0) is 36.2 Å². The molecule has 1 atom stereocenters. The van der Waals surface area contributed by atoms with Gasteiger partial charge in [-0.25, -0.2) is 0 Å². The molecule has 0 radical (unpaired) electrons. The van der Waals surface area contributed by atoms with Crippen LogP contribution in [0.2, 0.25) is 0 Å². The predicted octanol–water partition coefficient (Wildman–Crippen LogP) is 5.95. The van der Waals surface area contributed by atoms with Crippen LogP contribution >= 0.6 is 0 Å². The number of anilines is 1. The minimum absolute atomic E-state index is 0.00457. The number of aromatic amines is 1. The molecule has 1 N–H and O–H groups in total. The number of para-hydroxylation sites is 1. The van der Waals surface area contributed by atoms with Crippen molar-refractivity contribution in [2.24, 2.45) is 0 Å². The molecule has 4 aromatic rings. The van der Waals surface area contributed by atoms with Crippen LogP contribution < -0.4 is 4.90 Å². The minimum Gasteiger partial charge on any atom is -0.378 e. The molecule has 0 amide bonds. The first-order valence-corrected chi connectivity index (χ1v) is 9.97. The SMILES string of the molecule is Cc1[nH]c2ccccc2c1C(CC(=O)c1ccccc1)c1ccc(N(C)C)cc1. The van der Waals surface area contributed by atoms with Gasteiger partial charge in [-0.2, -0.15) is 0 Å². The highest BCUT2D eigenvalue weighted by Gasteiger charge is 2.24. The number of aromatic nitrogens is 1. The molecule has 0 aliphatic heterocycles. The van der Waals surface area contributed by atoms with E-state index in [1.165, 1.54) is 10.9 Å². The number of ketones is 1. The topological polar surface area (TPSA) is 36.1 Å². The van der Waals surface area contributed by atoms with Gasteiger partial charge in [0.05, 0.1) is 0 Å². The standard InChI is InChI=1S/C26H26N2O/c1-18-26(22-11-7-8-12-24(22)27-18)23(17-25(29)20-9-5-4-6-10-20)19-13-15-21(16-14-19)28(2)3/h4-16,23,27H,17H2,1-3H3. The number of nitrogens with zero attached hydrogens (tertiary/aromatic N) is 1. The molecule has 1 unspecified atom stereocenters. The van der Waals surface area contributed by atoms with Crippen molar-refractivity contribution in [3.8, 4) is 0 Å². The molecular weight excluding hydrogens is 356 g/mol. The number of nitrogens with one attached hydrogen (secondary N) is 1. The Bertz CT molecular complexity index is 1120. The molecule has 3 nitrogen and oxygen atoms in total. The third-order valence-electron chi connectivity index (χ3n) is 5.59. The van der Waals surface area contributed by atoms with E-state index in [0.717, 1.165) is 28.0 Å². The maximum absolute atomic E-state index is 13.1. The third-order valence-corrected chi connectivity index (χ3v) is 5.59. The van der Waals surface area contributed by atoms with E-state index in [1.54, 1.807) is 0 Å². The van der Waals surface area contributed by atoms with Gasteiger partial charge in [0.25, 0.3) is 0 Å². The fourth-order valence-corrected chi connectivity index (χ4v) is 4.07. The zero-order valence-corrected chi connectivity index (χ0v) is 17.1. The molecule has 3 heteroatoms. The molecule has 0 bridgehead atoms. The summed E-state index contributed by atoms with van der Waals surface area (Å²) in [6.45, 7) is 2.10. The van der Waals surface area contributed by atoms with Crippen LogP contribution in [0.4, 0.5) is 5.69 Å². The van der Waals surface area contributed by atoms with Crippen molar-refractivity contribution in [3.05, 3.63) is 101 Å². The molecule has 0 aliphatic carbocycles. The summed E-state index contributed by atoms with van der Waals surface area (Å²) in [5.41, 5.74) is 6.52. The van der Waals surface area contributed by atoms with Gasteiger partial charge in [-0.1, -0.05) is 60.7 Å². The monoisotopic (exact) mass is 382 g/mol. The van der Waals surface area contributed by atoms with E-state index in [9.17, 15) is 4.79 Å². The molecular formula is C26H26N2O. The summed E-state index contributed by atoms with van der Waals surface area (Å²) in [6, 6.07) is 26.5. The quantitative estimate of drug-likeness (QED) is 0.419. The fourth-order valence-electron chi connectivity index (χ4n) is 4.07. The van der Waals surface area contributed by atoms with Crippen LogP contribution in [0, 0.1) is 6.92 Å². The second-order valence-corrected chi connectivity index (χ2v) is 7.74. The van der Waals surface area contributed by atoms with Crippen LogP contribution in [0.15, 0.2) is 78.9 Å². The zero-order chi connectivity index (χ0) is 20.4. The Morgan fingerprint density at radius 2 is 1.55 bits per heavy atom. The van der Waals surface area contributed by atoms with Crippen LogP contribution in [0.1, 0.15) is 39.5 Å². The maximum atomic E-state index is 13.1. The van der Waals surface area contributed by atoms with Crippen molar-refractivity contribution in [1.29, 1.82) is 0 Å². The number of Topliss-reactive ketones (excluding diaryl/α,β-unsaturated/α-hetero) is 1. The van der Waals surface area contributed by atoms with Gasteiger partial charge in [0.1, 0.15) is 0 Å². The summed E-state index contributed by atoms with van der Waals surface area (Å²) >= 11 is 0. The lowest BCUT2D eigenvalue weighted by Crippen LogP contribution is -2.11. The number of benzene rings is 3. The highest BCUT2D eigenvalue weighted by Crippen LogP contribution is 2.37. The van der Waals surface area contributed by atoms with E-state index < -0.39 is 0 Å². The Kier molecular flexibility index (Phi) is 5.22. The maximum Gasteiger partial charge on any atom is 0.163 e.